The molecule has 0 heterocycles. The van der Waals surface area contributed by atoms with Gasteiger partial charge in [-0.1, -0.05) is 36.4 Å². The Balaban J connectivity index is 2.31. The van der Waals surface area contributed by atoms with Gasteiger partial charge in [-0.2, -0.15) is 8.42 Å². The number of hydrogen-bond acceptors (Lipinski definition) is 6. The number of carboxylic acids is 2. The molecule has 1 aromatic rings. The summed E-state index contributed by atoms with van der Waals surface area (Å²) in [5, 5.41) is 21.1. The van der Waals surface area contributed by atoms with Crippen molar-refractivity contribution in [3.8, 4) is 0 Å². The zero-order chi connectivity index (χ0) is 22.3. The maximum Gasteiger partial charge on any atom is 0.307 e. The highest BCUT2D eigenvalue weighted by Gasteiger charge is 2.37. The first-order valence-corrected chi connectivity index (χ1v) is 12.0. The van der Waals surface area contributed by atoms with Crippen LogP contribution in [0.4, 0.5) is 0 Å². The smallest absolute Gasteiger partial charge is 0.307 e. The molecule has 0 spiro atoms. The summed E-state index contributed by atoms with van der Waals surface area (Å²) in [6.07, 6.45) is 3.20. The van der Waals surface area contributed by atoms with Gasteiger partial charge in [-0.3, -0.25) is 14.2 Å². The lowest BCUT2D eigenvalue weighted by Gasteiger charge is -2.28. The first-order chi connectivity index (χ1) is 14.1. The lowest BCUT2D eigenvalue weighted by Crippen LogP contribution is -2.26. The van der Waals surface area contributed by atoms with Gasteiger partial charge in [0.05, 0.1) is 10.8 Å². The number of allylic oxidation sites excluding steroid dienone is 3. The maximum atomic E-state index is 13.2. The van der Waals surface area contributed by atoms with Crippen molar-refractivity contribution < 1.29 is 37.7 Å². The van der Waals surface area contributed by atoms with E-state index in [-0.39, 0.29) is 17.7 Å². The van der Waals surface area contributed by atoms with Crippen LogP contribution in [0.15, 0.2) is 54.3 Å². The van der Waals surface area contributed by atoms with Crippen LogP contribution in [0.5, 0.6) is 0 Å². The molecule has 0 aliphatic heterocycles. The minimum Gasteiger partial charge on any atom is -0.481 e. The van der Waals surface area contributed by atoms with E-state index in [1.807, 2.05) is 0 Å². The molecule has 11 heteroatoms. The van der Waals surface area contributed by atoms with Crippen molar-refractivity contribution in [1.29, 1.82) is 0 Å². The molecule has 1 aliphatic carbocycles. The molecule has 2 rings (SSSR count). The summed E-state index contributed by atoms with van der Waals surface area (Å²) in [4.78, 5) is 33.3. The summed E-state index contributed by atoms with van der Waals surface area (Å²) in [5.41, 5.74) is 0.868. The highest BCUT2D eigenvalue weighted by atomic mass is 32.2. The van der Waals surface area contributed by atoms with Gasteiger partial charge in [0.2, 0.25) is 17.7 Å². The largest absolute Gasteiger partial charge is 0.481 e. The number of nitrogens with one attached hydrogen (secondary N) is 1. The molecular formula is C19H22NO8PS. The van der Waals surface area contributed by atoms with Crippen molar-refractivity contribution in [2.24, 2.45) is 5.92 Å². The van der Waals surface area contributed by atoms with Gasteiger partial charge in [-0.05, 0) is 24.1 Å². The van der Waals surface area contributed by atoms with Gasteiger partial charge < -0.3 is 20.4 Å². The molecule has 0 bridgehead atoms. The molecule has 1 aliphatic rings. The molecule has 0 saturated carbocycles. The Morgan fingerprint density at radius 2 is 1.80 bits per heavy atom. The average Bonchev–Trinajstić information content (AvgIpc) is 2.69. The number of benzene rings is 1. The third-order valence-electron chi connectivity index (χ3n) is 4.55. The highest BCUT2D eigenvalue weighted by molar-refractivity contribution is 7.73. The summed E-state index contributed by atoms with van der Waals surface area (Å²) in [6, 6.07) is 8.29. The lowest BCUT2D eigenvalue weighted by atomic mass is 10.1. The minimum atomic E-state index is -4.18. The molecule has 0 fully saturated rings. The fourth-order valence-corrected chi connectivity index (χ4v) is 5.55. The van der Waals surface area contributed by atoms with Crippen LogP contribution < -0.4 is 5.32 Å². The minimum absolute atomic E-state index is 0.114. The Morgan fingerprint density at radius 3 is 2.30 bits per heavy atom. The fourth-order valence-electron chi connectivity index (χ4n) is 2.98. The van der Waals surface area contributed by atoms with Gasteiger partial charge in [-0.15, -0.1) is 0 Å². The molecule has 162 valence electrons. The second-order valence-corrected chi connectivity index (χ2v) is 10.1. The Kier molecular flexibility index (Phi) is 8.16. The van der Waals surface area contributed by atoms with E-state index in [1.165, 1.54) is 12.2 Å². The van der Waals surface area contributed by atoms with E-state index in [2.05, 4.69) is 5.32 Å². The number of carbonyl (C=O) groups is 2. The van der Waals surface area contributed by atoms with E-state index in [9.17, 15) is 32.6 Å². The van der Waals surface area contributed by atoms with Gasteiger partial charge >= 0.3 is 11.9 Å². The van der Waals surface area contributed by atoms with Gasteiger partial charge in [-0.25, -0.2) is 0 Å². The zero-order valence-corrected chi connectivity index (χ0v) is 17.6. The molecule has 1 aromatic carbocycles. The average molecular weight is 455 g/mol. The van der Waals surface area contributed by atoms with E-state index in [0.29, 0.717) is 11.3 Å². The number of rotatable bonds is 10. The molecule has 30 heavy (non-hydrogen) atoms. The summed E-state index contributed by atoms with van der Waals surface area (Å²) in [6.45, 7) is 0. The van der Waals surface area contributed by atoms with Crippen LogP contribution in [0.1, 0.15) is 30.6 Å². The van der Waals surface area contributed by atoms with Crippen molar-refractivity contribution in [3.63, 3.8) is 0 Å². The van der Waals surface area contributed by atoms with E-state index in [1.54, 1.807) is 36.4 Å². The van der Waals surface area contributed by atoms with Gasteiger partial charge in [0.15, 0.2) is 0 Å². The number of carboxylic acid groups (broad SMARTS) is 2. The second-order valence-electron chi connectivity index (χ2n) is 6.76. The zero-order valence-electron chi connectivity index (χ0n) is 15.8. The van der Waals surface area contributed by atoms with Gasteiger partial charge in [0.25, 0.3) is 0 Å². The molecular weight excluding hydrogens is 433 g/mol. The van der Waals surface area contributed by atoms with Crippen LogP contribution in [-0.4, -0.2) is 46.5 Å². The maximum absolute atomic E-state index is 13.2. The third kappa shape index (κ3) is 6.69. The quantitative estimate of drug-likeness (QED) is 0.306. The molecule has 3 unspecified atom stereocenters. The van der Waals surface area contributed by atoms with Crippen LogP contribution in [0.2, 0.25) is 0 Å². The van der Waals surface area contributed by atoms with Crippen molar-refractivity contribution in [3.05, 3.63) is 59.8 Å². The Hall–Kier alpha value is -2.68. The lowest BCUT2D eigenvalue weighted by molar-refractivity contribution is -0.142. The van der Waals surface area contributed by atoms with Crippen LogP contribution in [-0.2, 0) is 24.4 Å². The number of aliphatic carboxylic acids is 2. The molecule has 9 nitrogen and oxygen atoms in total. The predicted molar refractivity (Wildman–Crippen MR) is 111 cm³/mol. The SMILES string of the molecule is O=C(O)CCC(CP(=O)(O)C(NC1=CCC(=S(=O)=O)C=C1)c1ccccc1)C(=O)O. The summed E-state index contributed by atoms with van der Waals surface area (Å²) in [7, 11) is -6.55. The Labute approximate surface area is 174 Å². The molecule has 0 amide bonds. The van der Waals surface area contributed by atoms with Crippen LogP contribution in [0, 0.1) is 5.92 Å². The van der Waals surface area contributed by atoms with Crippen LogP contribution in [0.25, 0.3) is 0 Å². The Morgan fingerprint density at radius 1 is 1.13 bits per heavy atom. The number of hydrogen-bond donors (Lipinski definition) is 4. The van der Waals surface area contributed by atoms with Crippen molar-refractivity contribution in [2.45, 2.75) is 25.0 Å². The molecule has 0 saturated heterocycles. The van der Waals surface area contributed by atoms with E-state index < -0.39 is 53.9 Å². The van der Waals surface area contributed by atoms with Crippen molar-refractivity contribution in [1.82, 2.24) is 5.32 Å². The monoisotopic (exact) mass is 455 g/mol. The highest BCUT2D eigenvalue weighted by Crippen LogP contribution is 2.56. The molecule has 0 aromatic heterocycles. The molecule has 4 N–H and O–H groups in total. The van der Waals surface area contributed by atoms with Crippen LogP contribution in [0.3, 0.4) is 0 Å². The van der Waals surface area contributed by atoms with Crippen molar-refractivity contribution in [2.75, 3.05) is 6.16 Å². The Bertz CT molecular complexity index is 1040. The first kappa shape index (κ1) is 23.6. The van der Waals surface area contributed by atoms with Gasteiger partial charge in [0.1, 0.15) is 5.78 Å². The molecule has 0 radical (unpaired) electrons. The second kappa shape index (κ2) is 10.4. The fraction of sp³-hybridized carbons (Fsp3) is 0.316. The third-order valence-corrected chi connectivity index (χ3v) is 7.48. The summed E-state index contributed by atoms with van der Waals surface area (Å²) in [5.74, 6) is -4.98. The summed E-state index contributed by atoms with van der Waals surface area (Å²) >= 11 is 0. The van der Waals surface area contributed by atoms with E-state index in [0.717, 1.165) is 0 Å². The van der Waals surface area contributed by atoms with E-state index >= 15 is 0 Å². The van der Waals surface area contributed by atoms with Gasteiger partial charge in [0, 0.05) is 24.7 Å². The predicted octanol–water partition coefficient (Wildman–Crippen LogP) is 2.01. The van der Waals surface area contributed by atoms with Crippen LogP contribution >= 0.6 is 7.37 Å². The first-order valence-electron chi connectivity index (χ1n) is 9.01. The topological polar surface area (TPSA) is 158 Å². The normalized spacial score (nSPS) is 17.4. The summed E-state index contributed by atoms with van der Waals surface area (Å²) < 4.78 is 35.3. The van der Waals surface area contributed by atoms with E-state index in [4.69, 9.17) is 5.11 Å². The standard InChI is InChI=1S/C19H22NO8PS/c21-17(22)11-6-14(19(23)24)12-29(25,26)18(13-4-2-1-3-5-13)20-15-7-9-16(10-8-15)30(27)28/h1-5,7-9,14,18,20H,6,10-12H2,(H,21,22)(H,23,24)(H,25,26). The molecule has 3 atom stereocenters. The van der Waals surface area contributed by atoms with Crippen molar-refractivity contribution >= 4 is 34.5 Å².